The van der Waals surface area contributed by atoms with Crippen LogP contribution in [0.1, 0.15) is 78.1 Å². The number of ether oxygens (including phenoxy) is 1. The average Bonchev–Trinajstić information content (AvgIpc) is 2.88. The van der Waals surface area contributed by atoms with E-state index in [1.54, 1.807) is 0 Å². The zero-order valence-corrected chi connectivity index (χ0v) is 12.5. The molecular formula is C16H33NO. The van der Waals surface area contributed by atoms with Crippen molar-refractivity contribution in [1.82, 2.24) is 5.32 Å². The molecule has 0 bridgehead atoms. The summed E-state index contributed by atoms with van der Waals surface area (Å²) in [6, 6.07) is 0.771. The second kappa shape index (κ2) is 10.8. The zero-order valence-electron chi connectivity index (χ0n) is 12.5. The molecule has 0 aromatic rings. The van der Waals surface area contributed by atoms with E-state index in [1.165, 1.54) is 70.8 Å². The Bertz CT molecular complexity index is 178. The molecule has 0 aromatic carbocycles. The molecular weight excluding hydrogens is 222 g/mol. The Morgan fingerprint density at radius 3 is 2.67 bits per heavy atom. The molecule has 0 spiro atoms. The van der Waals surface area contributed by atoms with Crippen LogP contribution in [-0.2, 0) is 4.74 Å². The molecule has 0 aliphatic carbocycles. The summed E-state index contributed by atoms with van der Waals surface area (Å²) in [5.41, 5.74) is 0. The molecule has 0 aromatic heterocycles. The molecule has 1 aliphatic heterocycles. The molecule has 1 saturated heterocycles. The van der Waals surface area contributed by atoms with Gasteiger partial charge in [-0.3, -0.25) is 0 Å². The van der Waals surface area contributed by atoms with Crippen LogP contribution < -0.4 is 5.32 Å². The first-order valence-electron chi connectivity index (χ1n) is 8.21. The van der Waals surface area contributed by atoms with Crippen molar-refractivity contribution in [2.45, 2.75) is 90.2 Å². The first kappa shape index (κ1) is 16.0. The van der Waals surface area contributed by atoms with Crippen LogP contribution in [0, 0.1) is 0 Å². The Kier molecular flexibility index (Phi) is 9.59. The van der Waals surface area contributed by atoms with Gasteiger partial charge in [-0.05, 0) is 45.1 Å². The molecule has 2 unspecified atom stereocenters. The summed E-state index contributed by atoms with van der Waals surface area (Å²) in [6.07, 6.45) is 13.5. The number of unbranched alkanes of at least 4 members (excludes halogenated alkanes) is 3. The molecule has 1 rings (SSSR count). The van der Waals surface area contributed by atoms with E-state index in [9.17, 15) is 0 Å². The van der Waals surface area contributed by atoms with Gasteiger partial charge in [-0.1, -0.05) is 39.5 Å². The van der Waals surface area contributed by atoms with Gasteiger partial charge >= 0.3 is 0 Å². The van der Waals surface area contributed by atoms with Crippen molar-refractivity contribution in [3.05, 3.63) is 0 Å². The van der Waals surface area contributed by atoms with Crippen molar-refractivity contribution in [2.75, 3.05) is 13.2 Å². The highest BCUT2D eigenvalue weighted by Crippen LogP contribution is 2.16. The summed E-state index contributed by atoms with van der Waals surface area (Å²) < 4.78 is 6.06. The van der Waals surface area contributed by atoms with E-state index < -0.39 is 0 Å². The van der Waals surface area contributed by atoms with E-state index in [-0.39, 0.29) is 0 Å². The topological polar surface area (TPSA) is 21.3 Å². The van der Waals surface area contributed by atoms with Crippen LogP contribution >= 0.6 is 0 Å². The smallest absolute Gasteiger partial charge is 0.0575 e. The van der Waals surface area contributed by atoms with Crippen molar-refractivity contribution in [3.8, 4) is 0 Å². The Morgan fingerprint density at radius 2 is 2.00 bits per heavy atom. The Labute approximate surface area is 114 Å². The Hall–Kier alpha value is -0.0800. The fourth-order valence-electron chi connectivity index (χ4n) is 2.80. The van der Waals surface area contributed by atoms with Crippen LogP contribution in [0.3, 0.4) is 0 Å². The zero-order chi connectivity index (χ0) is 13.1. The summed E-state index contributed by atoms with van der Waals surface area (Å²) in [5.74, 6) is 0. The lowest BCUT2D eigenvalue weighted by atomic mass is 10.0. The van der Waals surface area contributed by atoms with E-state index in [0.717, 1.165) is 12.6 Å². The second-order valence-corrected chi connectivity index (χ2v) is 5.71. The number of nitrogens with one attached hydrogen (secondary N) is 1. The van der Waals surface area contributed by atoms with Gasteiger partial charge in [0.2, 0.25) is 0 Å². The van der Waals surface area contributed by atoms with Crippen molar-refractivity contribution in [2.24, 2.45) is 0 Å². The van der Waals surface area contributed by atoms with Crippen molar-refractivity contribution < 1.29 is 4.74 Å². The fourth-order valence-corrected chi connectivity index (χ4v) is 2.80. The fraction of sp³-hybridized carbons (Fsp3) is 1.00. The molecule has 0 radical (unpaired) electrons. The molecule has 2 atom stereocenters. The highest BCUT2D eigenvalue weighted by molar-refractivity contribution is 4.75. The molecule has 1 heterocycles. The lowest BCUT2D eigenvalue weighted by molar-refractivity contribution is 0.0360. The van der Waals surface area contributed by atoms with Crippen LogP contribution in [0.25, 0.3) is 0 Å². The third kappa shape index (κ3) is 7.38. The lowest BCUT2D eigenvalue weighted by Gasteiger charge is -2.19. The molecule has 1 N–H and O–H groups in total. The second-order valence-electron chi connectivity index (χ2n) is 5.71. The van der Waals surface area contributed by atoms with Gasteiger partial charge in [-0.15, -0.1) is 0 Å². The molecule has 0 saturated carbocycles. The standard InChI is InChI=1S/C16H33NO/c1-3-5-6-7-14-18-16(9-4-2)12-11-15-10-8-13-17-15/h15-17H,3-14H2,1-2H3. The van der Waals surface area contributed by atoms with Gasteiger partial charge in [-0.2, -0.15) is 0 Å². The maximum Gasteiger partial charge on any atom is 0.0575 e. The number of hydrogen-bond acceptors (Lipinski definition) is 2. The van der Waals surface area contributed by atoms with E-state index in [4.69, 9.17) is 4.74 Å². The monoisotopic (exact) mass is 255 g/mol. The maximum atomic E-state index is 6.06. The van der Waals surface area contributed by atoms with Crippen molar-refractivity contribution in [1.29, 1.82) is 0 Å². The normalized spacial score (nSPS) is 21.3. The van der Waals surface area contributed by atoms with Gasteiger partial charge in [0.1, 0.15) is 0 Å². The number of rotatable bonds is 11. The lowest BCUT2D eigenvalue weighted by Crippen LogP contribution is -2.24. The SMILES string of the molecule is CCCCCCOC(CCC)CCC1CCCN1. The Morgan fingerprint density at radius 1 is 1.11 bits per heavy atom. The summed E-state index contributed by atoms with van der Waals surface area (Å²) in [4.78, 5) is 0. The minimum absolute atomic E-state index is 0.513. The summed E-state index contributed by atoms with van der Waals surface area (Å²) >= 11 is 0. The average molecular weight is 255 g/mol. The van der Waals surface area contributed by atoms with Gasteiger partial charge in [0.05, 0.1) is 6.10 Å². The molecule has 1 aliphatic rings. The molecule has 18 heavy (non-hydrogen) atoms. The van der Waals surface area contributed by atoms with E-state index in [2.05, 4.69) is 19.2 Å². The summed E-state index contributed by atoms with van der Waals surface area (Å²) in [5, 5.41) is 3.58. The molecule has 2 nitrogen and oxygen atoms in total. The van der Waals surface area contributed by atoms with E-state index in [1.807, 2.05) is 0 Å². The minimum atomic E-state index is 0.513. The highest BCUT2D eigenvalue weighted by Gasteiger charge is 2.16. The van der Waals surface area contributed by atoms with Gasteiger partial charge in [0, 0.05) is 12.6 Å². The van der Waals surface area contributed by atoms with Crippen molar-refractivity contribution >= 4 is 0 Å². The first-order chi connectivity index (χ1) is 8.86. The molecule has 2 heteroatoms. The van der Waals surface area contributed by atoms with Crippen LogP contribution in [0.2, 0.25) is 0 Å². The Balaban J connectivity index is 2.05. The predicted octanol–water partition coefficient (Wildman–Crippen LogP) is 4.28. The van der Waals surface area contributed by atoms with Crippen LogP contribution in [-0.4, -0.2) is 25.3 Å². The highest BCUT2D eigenvalue weighted by atomic mass is 16.5. The van der Waals surface area contributed by atoms with Crippen molar-refractivity contribution in [3.63, 3.8) is 0 Å². The predicted molar refractivity (Wildman–Crippen MR) is 79.0 cm³/mol. The maximum absolute atomic E-state index is 6.06. The quantitative estimate of drug-likeness (QED) is 0.556. The number of hydrogen-bond donors (Lipinski definition) is 1. The van der Waals surface area contributed by atoms with E-state index in [0.29, 0.717) is 6.10 Å². The minimum Gasteiger partial charge on any atom is -0.378 e. The third-order valence-electron chi connectivity index (χ3n) is 3.96. The summed E-state index contributed by atoms with van der Waals surface area (Å²) in [7, 11) is 0. The van der Waals surface area contributed by atoms with Gasteiger partial charge < -0.3 is 10.1 Å². The third-order valence-corrected chi connectivity index (χ3v) is 3.96. The molecule has 1 fully saturated rings. The van der Waals surface area contributed by atoms with Gasteiger partial charge in [-0.25, -0.2) is 0 Å². The first-order valence-corrected chi connectivity index (χ1v) is 8.21. The van der Waals surface area contributed by atoms with Gasteiger partial charge in [0.25, 0.3) is 0 Å². The molecule has 108 valence electrons. The summed E-state index contributed by atoms with van der Waals surface area (Å²) in [6.45, 7) is 6.72. The van der Waals surface area contributed by atoms with Crippen LogP contribution in [0.15, 0.2) is 0 Å². The van der Waals surface area contributed by atoms with Gasteiger partial charge in [0.15, 0.2) is 0 Å². The van der Waals surface area contributed by atoms with Crippen LogP contribution in [0.4, 0.5) is 0 Å². The van der Waals surface area contributed by atoms with Crippen LogP contribution in [0.5, 0.6) is 0 Å². The van der Waals surface area contributed by atoms with E-state index >= 15 is 0 Å². The molecule has 0 amide bonds. The largest absolute Gasteiger partial charge is 0.378 e.